The number of hydrogen-bond donors (Lipinski definition) is 1. The summed E-state index contributed by atoms with van der Waals surface area (Å²) in [4.78, 5) is 28.0. The van der Waals surface area contributed by atoms with Crippen molar-refractivity contribution in [3.8, 4) is 0 Å². The van der Waals surface area contributed by atoms with Crippen LogP contribution in [0.1, 0.15) is 42.1 Å². The molecule has 3 rings (SSSR count). The fourth-order valence-corrected chi connectivity index (χ4v) is 5.27. The summed E-state index contributed by atoms with van der Waals surface area (Å²) in [6.07, 6.45) is 4.06. The number of sulfonamides is 1. The summed E-state index contributed by atoms with van der Waals surface area (Å²) in [6, 6.07) is 10.6. The van der Waals surface area contributed by atoms with Crippen LogP contribution in [0.5, 0.6) is 0 Å². The van der Waals surface area contributed by atoms with Gasteiger partial charge in [0.1, 0.15) is 6.04 Å². The number of aryl methyl sites for hydroxylation is 1. The third-order valence-electron chi connectivity index (χ3n) is 5.56. The number of rotatable bonds is 6. The van der Waals surface area contributed by atoms with Gasteiger partial charge in [0.25, 0.3) is 5.91 Å². The fraction of sp³-hybridized carbons (Fsp3) is 0.391. The van der Waals surface area contributed by atoms with Crippen LogP contribution in [0.25, 0.3) is 0 Å². The van der Waals surface area contributed by atoms with Gasteiger partial charge in [-0.05, 0) is 62.9 Å². The SMILES string of the molecule is Cc1ccc(Cl)cc1N(C(C)C(=O)Nc1ccccc1C(=O)N1CCCCC1)S(C)(=O)=O. The van der Waals surface area contributed by atoms with Crippen molar-refractivity contribution in [2.75, 3.05) is 29.0 Å². The maximum absolute atomic E-state index is 13.1. The zero-order valence-corrected chi connectivity index (χ0v) is 20.0. The van der Waals surface area contributed by atoms with Crippen molar-refractivity contribution in [3.63, 3.8) is 0 Å². The molecular formula is C23H28ClN3O4S. The molecule has 1 N–H and O–H groups in total. The Hall–Kier alpha value is -2.58. The van der Waals surface area contributed by atoms with Crippen LogP contribution in [-0.2, 0) is 14.8 Å². The van der Waals surface area contributed by atoms with Gasteiger partial charge in [-0.25, -0.2) is 8.42 Å². The van der Waals surface area contributed by atoms with Crippen molar-refractivity contribution in [1.29, 1.82) is 0 Å². The molecule has 2 aromatic rings. The number of nitrogens with zero attached hydrogens (tertiary/aromatic N) is 2. The number of piperidine rings is 1. The van der Waals surface area contributed by atoms with Gasteiger partial charge in [0, 0.05) is 18.1 Å². The molecule has 172 valence electrons. The van der Waals surface area contributed by atoms with E-state index in [9.17, 15) is 18.0 Å². The van der Waals surface area contributed by atoms with Crippen molar-refractivity contribution < 1.29 is 18.0 Å². The number of nitrogens with one attached hydrogen (secondary N) is 1. The molecule has 0 radical (unpaired) electrons. The summed E-state index contributed by atoms with van der Waals surface area (Å²) in [6.45, 7) is 4.63. The summed E-state index contributed by atoms with van der Waals surface area (Å²) in [5, 5.41) is 3.13. The molecule has 1 saturated heterocycles. The lowest BCUT2D eigenvalue weighted by atomic mass is 10.1. The number of amides is 2. The second-order valence-electron chi connectivity index (χ2n) is 8.05. The van der Waals surface area contributed by atoms with E-state index in [1.807, 2.05) is 0 Å². The Labute approximate surface area is 194 Å². The lowest BCUT2D eigenvalue weighted by Gasteiger charge is -2.30. The second kappa shape index (κ2) is 9.92. The number of likely N-dealkylation sites (tertiary alicyclic amines) is 1. The van der Waals surface area contributed by atoms with E-state index in [1.54, 1.807) is 48.2 Å². The molecule has 2 amide bonds. The van der Waals surface area contributed by atoms with Gasteiger partial charge < -0.3 is 10.2 Å². The van der Waals surface area contributed by atoms with E-state index in [0.29, 0.717) is 40.6 Å². The Kier molecular flexibility index (Phi) is 7.46. The molecule has 9 heteroatoms. The summed E-state index contributed by atoms with van der Waals surface area (Å²) in [7, 11) is -3.80. The zero-order chi connectivity index (χ0) is 23.5. The second-order valence-corrected chi connectivity index (χ2v) is 10.3. The smallest absolute Gasteiger partial charge is 0.255 e. The molecule has 0 aromatic heterocycles. The third kappa shape index (κ3) is 5.42. The molecular weight excluding hydrogens is 450 g/mol. The van der Waals surface area contributed by atoms with Gasteiger partial charge in [-0.2, -0.15) is 0 Å². The molecule has 1 heterocycles. The van der Waals surface area contributed by atoms with E-state index < -0.39 is 22.0 Å². The van der Waals surface area contributed by atoms with Gasteiger partial charge in [-0.1, -0.05) is 29.8 Å². The molecule has 1 fully saturated rings. The van der Waals surface area contributed by atoms with Crippen LogP contribution in [0, 0.1) is 6.92 Å². The molecule has 7 nitrogen and oxygen atoms in total. The monoisotopic (exact) mass is 477 g/mol. The van der Waals surface area contributed by atoms with E-state index in [0.717, 1.165) is 29.8 Å². The number of benzene rings is 2. The summed E-state index contributed by atoms with van der Waals surface area (Å²) in [5.41, 5.74) is 1.75. The Morgan fingerprint density at radius 1 is 1.09 bits per heavy atom. The zero-order valence-electron chi connectivity index (χ0n) is 18.5. The highest BCUT2D eigenvalue weighted by Crippen LogP contribution is 2.29. The first-order valence-corrected chi connectivity index (χ1v) is 12.8. The Morgan fingerprint density at radius 2 is 1.75 bits per heavy atom. The minimum Gasteiger partial charge on any atom is -0.339 e. The van der Waals surface area contributed by atoms with Crippen LogP contribution < -0.4 is 9.62 Å². The summed E-state index contributed by atoms with van der Waals surface area (Å²) >= 11 is 6.09. The molecule has 1 aliphatic rings. The van der Waals surface area contributed by atoms with Gasteiger partial charge in [0.15, 0.2) is 0 Å². The molecule has 0 bridgehead atoms. The van der Waals surface area contributed by atoms with E-state index in [2.05, 4.69) is 5.32 Å². The van der Waals surface area contributed by atoms with Crippen molar-refractivity contribution in [3.05, 3.63) is 58.6 Å². The maximum Gasteiger partial charge on any atom is 0.255 e. The number of halogens is 1. The first-order chi connectivity index (χ1) is 15.1. The lowest BCUT2D eigenvalue weighted by Crippen LogP contribution is -2.46. The highest BCUT2D eigenvalue weighted by molar-refractivity contribution is 7.92. The van der Waals surface area contributed by atoms with E-state index in [-0.39, 0.29) is 5.91 Å². The average molecular weight is 478 g/mol. The van der Waals surface area contributed by atoms with Gasteiger partial charge in [0.05, 0.1) is 23.2 Å². The lowest BCUT2D eigenvalue weighted by molar-refractivity contribution is -0.116. The minimum atomic E-state index is -3.80. The van der Waals surface area contributed by atoms with Gasteiger partial charge in [-0.3, -0.25) is 13.9 Å². The number of carbonyl (C=O) groups is 2. The molecule has 1 unspecified atom stereocenters. The van der Waals surface area contributed by atoms with Crippen LogP contribution in [0.3, 0.4) is 0 Å². The molecule has 0 saturated carbocycles. The first-order valence-electron chi connectivity index (χ1n) is 10.5. The van der Waals surface area contributed by atoms with E-state index in [1.165, 1.54) is 13.0 Å². The van der Waals surface area contributed by atoms with E-state index in [4.69, 9.17) is 11.6 Å². The Balaban J connectivity index is 1.89. The molecule has 0 aliphatic carbocycles. The predicted octanol–water partition coefficient (Wildman–Crippen LogP) is 4.07. The Bertz CT molecular complexity index is 1110. The minimum absolute atomic E-state index is 0.140. The van der Waals surface area contributed by atoms with Crippen LogP contribution in [0.2, 0.25) is 5.02 Å². The van der Waals surface area contributed by atoms with Crippen molar-refractivity contribution in [2.45, 2.75) is 39.2 Å². The van der Waals surface area contributed by atoms with Crippen LogP contribution >= 0.6 is 11.6 Å². The first kappa shape index (κ1) is 24.1. The maximum atomic E-state index is 13.1. The normalized spacial score (nSPS) is 15.2. The quantitative estimate of drug-likeness (QED) is 0.679. The van der Waals surface area contributed by atoms with Crippen LogP contribution in [0.4, 0.5) is 11.4 Å². The third-order valence-corrected chi connectivity index (χ3v) is 7.02. The molecule has 2 aromatic carbocycles. The van der Waals surface area contributed by atoms with Crippen molar-refractivity contribution in [1.82, 2.24) is 4.90 Å². The highest BCUT2D eigenvalue weighted by Gasteiger charge is 2.31. The fourth-order valence-electron chi connectivity index (χ4n) is 3.88. The van der Waals surface area contributed by atoms with Crippen LogP contribution in [-0.4, -0.2) is 50.5 Å². The molecule has 32 heavy (non-hydrogen) atoms. The number of anilines is 2. The van der Waals surface area contributed by atoms with Crippen LogP contribution in [0.15, 0.2) is 42.5 Å². The molecule has 1 atom stereocenters. The summed E-state index contributed by atoms with van der Waals surface area (Å²) in [5.74, 6) is -0.687. The van der Waals surface area contributed by atoms with Gasteiger partial charge >= 0.3 is 0 Å². The summed E-state index contributed by atoms with van der Waals surface area (Å²) < 4.78 is 26.3. The topological polar surface area (TPSA) is 86.8 Å². The highest BCUT2D eigenvalue weighted by atomic mass is 35.5. The van der Waals surface area contributed by atoms with Gasteiger partial charge in [-0.15, -0.1) is 0 Å². The largest absolute Gasteiger partial charge is 0.339 e. The van der Waals surface area contributed by atoms with E-state index >= 15 is 0 Å². The average Bonchev–Trinajstić information content (AvgIpc) is 2.75. The standard InChI is InChI=1S/C23H28ClN3O4S/c1-16-11-12-18(24)15-21(16)27(32(3,30)31)17(2)22(28)25-20-10-6-5-9-19(20)23(29)26-13-7-4-8-14-26/h5-6,9-12,15,17H,4,7-8,13-14H2,1-3H3,(H,25,28). The van der Waals surface area contributed by atoms with Gasteiger partial charge in [0.2, 0.25) is 15.9 Å². The molecule has 0 spiro atoms. The van der Waals surface area contributed by atoms with Crippen molar-refractivity contribution >= 4 is 44.8 Å². The predicted molar refractivity (Wildman–Crippen MR) is 128 cm³/mol. The Morgan fingerprint density at radius 3 is 2.41 bits per heavy atom. The number of carbonyl (C=O) groups excluding carboxylic acids is 2. The van der Waals surface area contributed by atoms with Crippen molar-refractivity contribution in [2.24, 2.45) is 0 Å². The number of hydrogen-bond acceptors (Lipinski definition) is 4. The number of para-hydroxylation sites is 1. The molecule has 1 aliphatic heterocycles.